The van der Waals surface area contributed by atoms with Crippen LogP contribution in [0.25, 0.3) is 0 Å². The van der Waals surface area contributed by atoms with Crippen LogP contribution in [-0.2, 0) is 24.3 Å². The first-order chi connectivity index (χ1) is 16.0. The lowest BCUT2D eigenvalue weighted by atomic mass is 10.1. The molecule has 1 amide bonds. The first kappa shape index (κ1) is 23.4. The minimum atomic E-state index is -0.136. The monoisotopic (exact) mass is 482 g/mol. The van der Waals surface area contributed by atoms with Gasteiger partial charge < -0.3 is 15.0 Å². The number of rotatable bonds is 8. The molecule has 4 rings (SSSR count). The number of aromatic nitrogens is 2. The average Bonchev–Trinajstić information content (AvgIpc) is 2.83. The van der Waals surface area contributed by atoms with Gasteiger partial charge in [-0.3, -0.25) is 14.5 Å². The molecule has 1 aliphatic rings. The summed E-state index contributed by atoms with van der Waals surface area (Å²) in [6.45, 7) is 2.10. The zero-order valence-electron chi connectivity index (χ0n) is 18.6. The highest BCUT2D eigenvalue weighted by atomic mass is 32.2. The molecule has 2 heterocycles. The van der Waals surface area contributed by atoms with E-state index in [0.29, 0.717) is 23.7 Å². The number of nitrogens with one attached hydrogen (secondary N) is 2. The third kappa shape index (κ3) is 6.19. The Balaban J connectivity index is 1.36. The van der Waals surface area contributed by atoms with Gasteiger partial charge in [-0.1, -0.05) is 30.0 Å². The highest BCUT2D eigenvalue weighted by Gasteiger charge is 2.21. The van der Waals surface area contributed by atoms with Gasteiger partial charge >= 0.3 is 0 Å². The molecule has 0 spiro atoms. The Hall–Kier alpha value is -2.75. The van der Waals surface area contributed by atoms with Crippen molar-refractivity contribution in [3.8, 4) is 5.75 Å². The van der Waals surface area contributed by atoms with E-state index >= 15 is 0 Å². The van der Waals surface area contributed by atoms with Gasteiger partial charge in [-0.25, -0.2) is 4.98 Å². The van der Waals surface area contributed by atoms with Crippen molar-refractivity contribution in [2.75, 3.05) is 31.0 Å². The van der Waals surface area contributed by atoms with E-state index in [2.05, 4.69) is 26.3 Å². The molecule has 0 bridgehead atoms. The number of anilines is 1. The van der Waals surface area contributed by atoms with Crippen LogP contribution in [0.1, 0.15) is 16.8 Å². The van der Waals surface area contributed by atoms with Gasteiger partial charge in [0.05, 0.1) is 24.1 Å². The maximum absolute atomic E-state index is 12.7. The normalized spacial score (nSPS) is 13.4. The number of fused-ring (bicyclic) bond motifs is 1. The number of carbonyl (C=O) groups is 1. The molecule has 2 N–H and O–H groups in total. The van der Waals surface area contributed by atoms with Crippen LogP contribution in [0, 0.1) is 0 Å². The molecule has 3 aromatic rings. The number of hydrogen-bond acceptors (Lipinski definition) is 7. The van der Waals surface area contributed by atoms with E-state index in [4.69, 9.17) is 4.74 Å². The maximum atomic E-state index is 12.7. The van der Waals surface area contributed by atoms with Gasteiger partial charge in [0.1, 0.15) is 5.75 Å². The lowest BCUT2D eigenvalue weighted by molar-refractivity contribution is -0.113. The Bertz CT molecular complexity index is 1200. The van der Waals surface area contributed by atoms with Crippen molar-refractivity contribution >= 4 is 35.1 Å². The Kier molecular flexibility index (Phi) is 7.74. The summed E-state index contributed by atoms with van der Waals surface area (Å²) in [5, 5.41) is 3.37. The number of aromatic amines is 1. The molecule has 1 aromatic heterocycles. The molecule has 9 heteroatoms. The summed E-state index contributed by atoms with van der Waals surface area (Å²) in [7, 11) is 1.66. The van der Waals surface area contributed by atoms with E-state index in [1.165, 1.54) is 11.8 Å². The molecule has 0 saturated carbocycles. The van der Waals surface area contributed by atoms with Crippen molar-refractivity contribution < 1.29 is 9.53 Å². The summed E-state index contributed by atoms with van der Waals surface area (Å²) in [5.41, 5.74) is 3.29. The van der Waals surface area contributed by atoms with Gasteiger partial charge in [0.2, 0.25) is 5.91 Å². The fourth-order valence-electron chi connectivity index (χ4n) is 3.72. The second kappa shape index (κ2) is 10.9. The van der Waals surface area contributed by atoms with Crippen LogP contribution in [0.2, 0.25) is 0 Å². The highest BCUT2D eigenvalue weighted by Crippen LogP contribution is 2.22. The van der Waals surface area contributed by atoms with Crippen molar-refractivity contribution in [2.24, 2.45) is 0 Å². The number of methoxy groups -OCH3 is 1. The van der Waals surface area contributed by atoms with E-state index in [-0.39, 0.29) is 17.2 Å². The van der Waals surface area contributed by atoms with Crippen LogP contribution in [-0.4, -0.2) is 46.4 Å². The van der Waals surface area contributed by atoms with Crippen molar-refractivity contribution in [2.45, 2.75) is 29.6 Å². The fraction of sp³-hybridized carbons (Fsp3) is 0.292. The highest BCUT2D eigenvalue weighted by molar-refractivity contribution is 7.99. The van der Waals surface area contributed by atoms with Crippen LogP contribution in [0.4, 0.5) is 5.69 Å². The Morgan fingerprint density at radius 2 is 2.09 bits per heavy atom. The Morgan fingerprint density at radius 1 is 1.24 bits per heavy atom. The van der Waals surface area contributed by atoms with Crippen molar-refractivity contribution in [3.63, 3.8) is 0 Å². The van der Waals surface area contributed by atoms with Gasteiger partial charge in [0, 0.05) is 36.6 Å². The second-order valence-corrected chi connectivity index (χ2v) is 9.52. The van der Waals surface area contributed by atoms with E-state index in [1.54, 1.807) is 18.9 Å². The molecule has 0 atom stereocenters. The van der Waals surface area contributed by atoms with E-state index in [9.17, 15) is 9.59 Å². The maximum Gasteiger partial charge on any atom is 0.256 e. The molecule has 0 unspecified atom stereocenters. The topological polar surface area (TPSA) is 87.3 Å². The minimum absolute atomic E-state index is 0.133. The molecule has 2 aromatic carbocycles. The third-order valence-electron chi connectivity index (χ3n) is 5.36. The number of benzene rings is 2. The van der Waals surface area contributed by atoms with E-state index in [0.717, 1.165) is 40.7 Å². The van der Waals surface area contributed by atoms with Crippen molar-refractivity contribution in [3.05, 3.63) is 75.7 Å². The summed E-state index contributed by atoms with van der Waals surface area (Å²) < 4.78 is 5.30. The molecular formula is C24H26N4O3S2. The number of amides is 1. The molecule has 0 saturated heterocycles. The number of nitrogens with zero attached hydrogens (tertiary/aromatic N) is 2. The van der Waals surface area contributed by atoms with Crippen molar-refractivity contribution in [1.82, 2.24) is 14.9 Å². The van der Waals surface area contributed by atoms with E-state index < -0.39 is 0 Å². The SMILES string of the molecule is COc1cccc(CN2CCc3nc(SCC(=O)Nc4cccc(SC)c4)[nH]c(=O)c3C2)c1. The summed E-state index contributed by atoms with van der Waals surface area (Å²) >= 11 is 2.86. The predicted octanol–water partition coefficient (Wildman–Crippen LogP) is 3.79. The smallest absolute Gasteiger partial charge is 0.256 e. The quantitative estimate of drug-likeness (QED) is 0.373. The standard InChI is InChI=1S/C24H26N4O3S2/c1-31-18-7-3-5-16(11-18)13-28-10-9-21-20(14-28)23(30)27-24(26-21)33-15-22(29)25-17-6-4-8-19(12-17)32-2/h3-8,11-12H,9-10,13-15H2,1-2H3,(H,25,29)(H,26,27,30). The van der Waals surface area contributed by atoms with Crippen molar-refractivity contribution in [1.29, 1.82) is 0 Å². The van der Waals surface area contributed by atoms with Crippen LogP contribution in [0.5, 0.6) is 5.75 Å². The number of thioether (sulfide) groups is 2. The van der Waals surface area contributed by atoms with Gasteiger partial charge in [-0.05, 0) is 42.2 Å². The lowest BCUT2D eigenvalue weighted by Crippen LogP contribution is -2.35. The molecule has 0 fully saturated rings. The summed E-state index contributed by atoms with van der Waals surface area (Å²) in [4.78, 5) is 35.9. The molecule has 0 aliphatic carbocycles. The zero-order valence-corrected chi connectivity index (χ0v) is 20.2. The van der Waals surface area contributed by atoms with Gasteiger partial charge in [0.25, 0.3) is 5.56 Å². The molecular weight excluding hydrogens is 456 g/mol. The summed E-state index contributed by atoms with van der Waals surface area (Å²) in [6.07, 6.45) is 2.69. The van der Waals surface area contributed by atoms with Crippen LogP contribution in [0.3, 0.4) is 0 Å². The number of hydrogen-bond donors (Lipinski definition) is 2. The Labute approximate surface area is 201 Å². The zero-order chi connectivity index (χ0) is 23.2. The predicted molar refractivity (Wildman–Crippen MR) is 133 cm³/mol. The number of H-pyrrole nitrogens is 1. The molecule has 33 heavy (non-hydrogen) atoms. The Morgan fingerprint density at radius 3 is 2.91 bits per heavy atom. The van der Waals surface area contributed by atoms with Crippen LogP contribution < -0.4 is 15.6 Å². The van der Waals surface area contributed by atoms with Crippen LogP contribution in [0.15, 0.2) is 63.4 Å². The first-order valence-electron chi connectivity index (χ1n) is 10.6. The average molecular weight is 483 g/mol. The molecule has 7 nitrogen and oxygen atoms in total. The van der Waals surface area contributed by atoms with E-state index in [1.807, 2.05) is 48.7 Å². The lowest BCUT2D eigenvalue weighted by Gasteiger charge is -2.27. The van der Waals surface area contributed by atoms with Gasteiger partial charge in [0.15, 0.2) is 5.16 Å². The van der Waals surface area contributed by atoms with Crippen LogP contribution >= 0.6 is 23.5 Å². The summed E-state index contributed by atoms with van der Waals surface area (Å²) in [5.74, 6) is 0.864. The third-order valence-corrected chi connectivity index (χ3v) is 6.96. The number of ether oxygens (including phenoxy) is 1. The second-order valence-electron chi connectivity index (χ2n) is 7.68. The number of carbonyl (C=O) groups excluding carboxylic acids is 1. The minimum Gasteiger partial charge on any atom is -0.497 e. The van der Waals surface area contributed by atoms with Gasteiger partial charge in [-0.2, -0.15) is 0 Å². The largest absolute Gasteiger partial charge is 0.497 e. The molecule has 172 valence electrons. The first-order valence-corrected chi connectivity index (χ1v) is 12.8. The molecule has 1 aliphatic heterocycles. The van der Waals surface area contributed by atoms with Gasteiger partial charge in [-0.15, -0.1) is 11.8 Å². The summed E-state index contributed by atoms with van der Waals surface area (Å²) in [6, 6.07) is 15.7. The molecule has 0 radical (unpaired) electrons. The fourth-order valence-corrected chi connectivity index (χ4v) is 4.86.